The zero-order valence-electron chi connectivity index (χ0n) is 20.6. The van der Waals surface area contributed by atoms with Crippen LogP contribution in [0.2, 0.25) is 0 Å². The highest BCUT2D eigenvalue weighted by molar-refractivity contribution is 7.99. The molecule has 0 saturated heterocycles. The van der Waals surface area contributed by atoms with E-state index in [2.05, 4.69) is 17.4 Å². The number of benzene rings is 2. The van der Waals surface area contributed by atoms with Gasteiger partial charge < -0.3 is 10.1 Å². The average Bonchev–Trinajstić information content (AvgIpc) is 2.93. The number of nitrogens with zero attached hydrogens (tertiary/aromatic N) is 1. The molecule has 0 radical (unpaired) electrons. The van der Waals surface area contributed by atoms with E-state index in [1.807, 2.05) is 20.8 Å². The fourth-order valence-electron chi connectivity index (χ4n) is 4.31. The monoisotopic (exact) mass is 484 g/mol. The highest BCUT2D eigenvalue weighted by Gasteiger charge is 2.49. The number of hydrogen-bond donors (Lipinski definition) is 1. The first-order valence-electron chi connectivity index (χ1n) is 11.2. The SMILES string of the molecule is Cc1cc(C)c(CCOC(=O)CNC2=C(c3ccccc3)S(=O)(=O)N(C(C)(C)C)C2=O)c(C)c1. The van der Waals surface area contributed by atoms with Gasteiger partial charge in [-0.1, -0.05) is 48.0 Å². The highest BCUT2D eigenvalue weighted by atomic mass is 32.2. The number of amides is 1. The lowest BCUT2D eigenvalue weighted by Crippen LogP contribution is -2.47. The molecule has 1 aliphatic heterocycles. The molecule has 1 heterocycles. The summed E-state index contributed by atoms with van der Waals surface area (Å²) < 4.78 is 32.9. The van der Waals surface area contributed by atoms with Crippen molar-refractivity contribution in [3.63, 3.8) is 0 Å². The summed E-state index contributed by atoms with van der Waals surface area (Å²) >= 11 is 0. The number of nitrogens with one attached hydrogen (secondary N) is 1. The Morgan fingerprint density at radius 1 is 1.03 bits per heavy atom. The summed E-state index contributed by atoms with van der Waals surface area (Å²) in [7, 11) is -4.10. The van der Waals surface area contributed by atoms with Gasteiger partial charge in [-0.2, -0.15) is 0 Å². The second-order valence-corrected chi connectivity index (χ2v) is 11.2. The van der Waals surface area contributed by atoms with Crippen LogP contribution in [0.15, 0.2) is 48.2 Å². The van der Waals surface area contributed by atoms with Gasteiger partial charge in [0.15, 0.2) is 0 Å². The van der Waals surface area contributed by atoms with Crippen molar-refractivity contribution in [3.8, 4) is 0 Å². The van der Waals surface area contributed by atoms with E-state index in [1.54, 1.807) is 51.1 Å². The van der Waals surface area contributed by atoms with Crippen LogP contribution in [0.25, 0.3) is 4.91 Å². The Hall–Kier alpha value is -3.13. The molecule has 1 N–H and O–H groups in total. The third-order valence-corrected chi connectivity index (χ3v) is 7.78. The van der Waals surface area contributed by atoms with Gasteiger partial charge in [0.1, 0.15) is 17.1 Å². The Morgan fingerprint density at radius 2 is 1.62 bits per heavy atom. The largest absolute Gasteiger partial charge is 0.464 e. The van der Waals surface area contributed by atoms with E-state index in [0.29, 0.717) is 12.0 Å². The molecule has 0 unspecified atom stereocenters. The molecule has 0 saturated carbocycles. The summed E-state index contributed by atoms with van der Waals surface area (Å²) in [6.45, 7) is 10.9. The van der Waals surface area contributed by atoms with Gasteiger partial charge in [0.05, 0.1) is 12.1 Å². The lowest BCUT2D eigenvalue weighted by molar-refractivity contribution is -0.142. The molecule has 0 fully saturated rings. The van der Waals surface area contributed by atoms with E-state index >= 15 is 0 Å². The predicted molar refractivity (Wildman–Crippen MR) is 132 cm³/mol. The van der Waals surface area contributed by atoms with Crippen LogP contribution >= 0.6 is 0 Å². The Bertz CT molecular complexity index is 1220. The van der Waals surface area contributed by atoms with Gasteiger partial charge in [-0.05, 0) is 63.8 Å². The maximum absolute atomic E-state index is 13.3. The maximum atomic E-state index is 13.3. The Labute approximate surface area is 201 Å². The fourth-order valence-corrected chi connectivity index (χ4v) is 6.38. The van der Waals surface area contributed by atoms with Crippen LogP contribution < -0.4 is 5.32 Å². The van der Waals surface area contributed by atoms with Crippen LogP contribution in [0.4, 0.5) is 0 Å². The van der Waals surface area contributed by atoms with Crippen LogP contribution in [-0.4, -0.2) is 43.3 Å². The molecule has 0 aromatic heterocycles. The molecule has 182 valence electrons. The minimum atomic E-state index is -4.10. The summed E-state index contributed by atoms with van der Waals surface area (Å²) in [5.41, 5.74) is 3.90. The van der Waals surface area contributed by atoms with Gasteiger partial charge in [-0.3, -0.25) is 9.59 Å². The number of hydrogen-bond acceptors (Lipinski definition) is 6. The van der Waals surface area contributed by atoms with E-state index in [-0.39, 0.29) is 23.8 Å². The normalized spacial score (nSPS) is 15.6. The first-order chi connectivity index (χ1) is 15.8. The zero-order chi connectivity index (χ0) is 25.3. The molecular weight excluding hydrogens is 452 g/mol. The molecule has 8 heteroatoms. The van der Waals surface area contributed by atoms with E-state index in [4.69, 9.17) is 4.74 Å². The van der Waals surface area contributed by atoms with E-state index in [0.717, 1.165) is 21.0 Å². The molecule has 2 aromatic rings. The van der Waals surface area contributed by atoms with Crippen LogP contribution in [0.5, 0.6) is 0 Å². The van der Waals surface area contributed by atoms with Gasteiger partial charge in [0, 0.05) is 6.42 Å². The second kappa shape index (κ2) is 9.62. The maximum Gasteiger partial charge on any atom is 0.325 e. The van der Waals surface area contributed by atoms with E-state index in [9.17, 15) is 18.0 Å². The van der Waals surface area contributed by atoms with Crippen LogP contribution in [-0.2, 0) is 30.8 Å². The van der Waals surface area contributed by atoms with Gasteiger partial charge in [0.2, 0.25) is 0 Å². The quantitative estimate of drug-likeness (QED) is 0.604. The van der Waals surface area contributed by atoms with Crippen LogP contribution in [0, 0.1) is 20.8 Å². The van der Waals surface area contributed by atoms with Crippen molar-refractivity contribution >= 4 is 26.8 Å². The predicted octanol–water partition coefficient (Wildman–Crippen LogP) is 3.63. The molecule has 0 bridgehead atoms. The standard InChI is InChI=1S/C26H32N2O5S/c1-17-14-18(2)21(19(3)15-17)12-13-33-22(29)16-27-23-24(20-10-8-7-9-11-20)34(31,32)28(25(23)30)26(4,5)6/h7-11,14-15,27H,12-13,16H2,1-6H3. The van der Waals surface area contributed by atoms with Gasteiger partial charge in [0.25, 0.3) is 15.9 Å². The Balaban J connectivity index is 1.76. The second-order valence-electron chi connectivity index (χ2n) is 9.52. The average molecular weight is 485 g/mol. The summed E-state index contributed by atoms with van der Waals surface area (Å²) in [4.78, 5) is 25.4. The van der Waals surface area contributed by atoms with Gasteiger partial charge >= 0.3 is 5.97 Å². The minimum Gasteiger partial charge on any atom is -0.464 e. The summed E-state index contributed by atoms with van der Waals surface area (Å²) in [6, 6.07) is 12.6. The van der Waals surface area contributed by atoms with Gasteiger partial charge in [-0.25, -0.2) is 12.7 Å². The molecule has 34 heavy (non-hydrogen) atoms. The lowest BCUT2D eigenvalue weighted by Gasteiger charge is -2.30. The summed E-state index contributed by atoms with van der Waals surface area (Å²) in [5, 5.41) is 2.75. The first-order valence-corrected chi connectivity index (χ1v) is 12.6. The zero-order valence-corrected chi connectivity index (χ0v) is 21.4. The topological polar surface area (TPSA) is 92.8 Å². The van der Waals surface area contributed by atoms with E-state index in [1.165, 1.54) is 5.56 Å². The lowest BCUT2D eigenvalue weighted by atomic mass is 9.98. The molecule has 7 nitrogen and oxygen atoms in total. The number of carbonyl (C=O) groups excluding carboxylic acids is 2. The van der Waals surface area contributed by atoms with E-state index < -0.39 is 27.4 Å². The van der Waals surface area contributed by atoms with Gasteiger partial charge in [-0.15, -0.1) is 0 Å². The van der Waals surface area contributed by atoms with Crippen molar-refractivity contribution in [2.24, 2.45) is 0 Å². The molecule has 1 amide bonds. The Morgan fingerprint density at radius 3 is 2.18 bits per heavy atom. The molecule has 0 spiro atoms. The molecule has 3 rings (SSSR count). The number of aryl methyl sites for hydroxylation is 3. The fraction of sp³-hybridized carbons (Fsp3) is 0.385. The van der Waals surface area contributed by atoms with Crippen LogP contribution in [0.3, 0.4) is 0 Å². The molecule has 0 atom stereocenters. The van der Waals surface area contributed by atoms with Crippen molar-refractivity contribution in [2.45, 2.75) is 53.5 Å². The summed E-state index contributed by atoms with van der Waals surface area (Å²) in [6.07, 6.45) is 0.576. The van der Waals surface area contributed by atoms with Crippen LogP contribution in [0.1, 0.15) is 48.6 Å². The Kier molecular flexibility index (Phi) is 7.21. The number of ether oxygens (including phenoxy) is 1. The number of rotatable bonds is 7. The number of esters is 1. The third kappa shape index (κ3) is 5.17. The van der Waals surface area contributed by atoms with Crippen molar-refractivity contribution in [3.05, 3.63) is 76.0 Å². The summed E-state index contributed by atoms with van der Waals surface area (Å²) in [5.74, 6) is -1.26. The third-order valence-electron chi connectivity index (χ3n) is 5.63. The smallest absolute Gasteiger partial charge is 0.325 e. The molecule has 0 aliphatic carbocycles. The molecule has 1 aliphatic rings. The van der Waals surface area contributed by atoms with Crippen molar-refractivity contribution in [2.75, 3.05) is 13.2 Å². The molecule has 2 aromatic carbocycles. The minimum absolute atomic E-state index is 0.122. The van der Waals surface area contributed by atoms with Crippen molar-refractivity contribution in [1.29, 1.82) is 0 Å². The number of carbonyl (C=O) groups is 2. The van der Waals surface area contributed by atoms with Crippen molar-refractivity contribution in [1.82, 2.24) is 9.62 Å². The highest BCUT2D eigenvalue weighted by Crippen LogP contribution is 2.38. The molecular formula is C26H32N2O5S. The van der Waals surface area contributed by atoms with Crippen molar-refractivity contribution < 1.29 is 22.7 Å². The number of sulfonamides is 1. The first kappa shape index (κ1) is 25.5.